The highest BCUT2D eigenvalue weighted by molar-refractivity contribution is 5.69. The number of aromatic hydroxyl groups is 2. The molecule has 0 aliphatic carbocycles. The van der Waals surface area contributed by atoms with Crippen molar-refractivity contribution in [3.05, 3.63) is 18.2 Å². The zero-order chi connectivity index (χ0) is 9.84. The summed E-state index contributed by atoms with van der Waals surface area (Å²) in [4.78, 5) is 10.6. The van der Waals surface area contributed by atoms with Crippen LogP contribution in [0.15, 0.2) is 18.2 Å². The third-order valence-corrected chi connectivity index (χ3v) is 1.28. The molecule has 0 saturated heterocycles. The van der Waals surface area contributed by atoms with Crippen LogP contribution in [0.3, 0.4) is 0 Å². The maximum atomic E-state index is 10.6. The minimum Gasteiger partial charge on any atom is -0.504 e. The first kappa shape index (κ1) is 9.14. The van der Waals surface area contributed by atoms with E-state index in [1.54, 1.807) is 5.43 Å². The van der Waals surface area contributed by atoms with Gasteiger partial charge in [0.15, 0.2) is 11.5 Å². The van der Waals surface area contributed by atoms with Crippen molar-refractivity contribution in [1.29, 1.82) is 0 Å². The van der Waals surface area contributed by atoms with E-state index >= 15 is 0 Å². The van der Waals surface area contributed by atoms with Crippen LogP contribution in [0.5, 0.6) is 17.2 Å². The molecule has 0 radical (unpaired) electrons. The van der Waals surface area contributed by atoms with E-state index in [0.717, 1.165) is 6.07 Å². The van der Waals surface area contributed by atoms with Gasteiger partial charge in [0.1, 0.15) is 5.75 Å². The van der Waals surface area contributed by atoms with Crippen LogP contribution < -0.4 is 16.0 Å². The van der Waals surface area contributed by atoms with Crippen molar-refractivity contribution in [1.82, 2.24) is 5.43 Å². The van der Waals surface area contributed by atoms with Gasteiger partial charge in [-0.2, -0.15) is 0 Å². The molecule has 0 bridgehead atoms. The average Bonchev–Trinajstić information content (AvgIpc) is 2.11. The van der Waals surface area contributed by atoms with Gasteiger partial charge in [-0.15, -0.1) is 0 Å². The van der Waals surface area contributed by atoms with E-state index in [0.29, 0.717) is 0 Å². The number of rotatable bonds is 1. The van der Waals surface area contributed by atoms with Crippen molar-refractivity contribution in [2.45, 2.75) is 0 Å². The van der Waals surface area contributed by atoms with Crippen molar-refractivity contribution >= 4 is 6.09 Å². The number of carbonyl (C=O) groups is 1. The fraction of sp³-hybridized carbons (Fsp3) is 0. The van der Waals surface area contributed by atoms with Gasteiger partial charge in [-0.1, -0.05) is 0 Å². The topological polar surface area (TPSA) is 105 Å². The zero-order valence-electron chi connectivity index (χ0n) is 6.52. The number of phenolic OH excluding ortho intramolecular Hbond substituents is 2. The summed E-state index contributed by atoms with van der Waals surface area (Å²) < 4.78 is 4.55. The van der Waals surface area contributed by atoms with Crippen LogP contribution in [-0.4, -0.2) is 16.3 Å². The van der Waals surface area contributed by atoms with Gasteiger partial charge in [-0.25, -0.2) is 10.6 Å². The summed E-state index contributed by atoms with van der Waals surface area (Å²) in [5, 5.41) is 17.9. The summed E-state index contributed by atoms with van der Waals surface area (Å²) in [6.07, 6.45) is -0.856. The highest BCUT2D eigenvalue weighted by atomic mass is 16.6. The maximum absolute atomic E-state index is 10.6. The van der Waals surface area contributed by atoms with Gasteiger partial charge in [0.05, 0.1) is 0 Å². The lowest BCUT2D eigenvalue weighted by atomic mass is 10.3. The van der Waals surface area contributed by atoms with E-state index in [-0.39, 0.29) is 17.2 Å². The largest absolute Gasteiger partial charge is 0.504 e. The van der Waals surface area contributed by atoms with Gasteiger partial charge >= 0.3 is 6.09 Å². The molecule has 0 heterocycles. The second-order valence-electron chi connectivity index (χ2n) is 2.18. The number of phenols is 2. The highest BCUT2D eigenvalue weighted by Gasteiger charge is 2.04. The van der Waals surface area contributed by atoms with Crippen molar-refractivity contribution in [3.63, 3.8) is 0 Å². The predicted octanol–water partition coefficient (Wildman–Crippen LogP) is 0.0599. The Morgan fingerprint density at radius 3 is 2.62 bits per heavy atom. The zero-order valence-corrected chi connectivity index (χ0v) is 6.52. The third-order valence-electron chi connectivity index (χ3n) is 1.28. The fourth-order valence-electron chi connectivity index (χ4n) is 0.703. The number of benzene rings is 1. The molecule has 70 valence electrons. The minimum atomic E-state index is -0.856. The van der Waals surface area contributed by atoms with Gasteiger partial charge < -0.3 is 14.9 Å². The second-order valence-corrected chi connectivity index (χ2v) is 2.18. The lowest BCUT2D eigenvalue weighted by Crippen LogP contribution is -2.32. The molecule has 0 aromatic heterocycles. The van der Waals surface area contributed by atoms with E-state index in [1.165, 1.54) is 12.1 Å². The average molecular weight is 184 g/mol. The van der Waals surface area contributed by atoms with Gasteiger partial charge in [0.25, 0.3) is 0 Å². The Hall–Kier alpha value is -1.95. The smallest absolute Gasteiger partial charge is 0.426 e. The van der Waals surface area contributed by atoms with E-state index in [1.807, 2.05) is 0 Å². The molecule has 0 saturated carbocycles. The molecule has 0 spiro atoms. The molecule has 1 rings (SSSR count). The predicted molar refractivity (Wildman–Crippen MR) is 43.1 cm³/mol. The van der Waals surface area contributed by atoms with E-state index < -0.39 is 6.09 Å². The Labute approximate surface area is 73.5 Å². The summed E-state index contributed by atoms with van der Waals surface area (Å²) in [6.45, 7) is 0. The third kappa shape index (κ3) is 2.24. The molecule has 0 aliphatic heterocycles. The van der Waals surface area contributed by atoms with Gasteiger partial charge in [-0.3, -0.25) is 5.43 Å². The quantitative estimate of drug-likeness (QED) is 0.214. The summed E-state index contributed by atoms with van der Waals surface area (Å²) in [6, 6.07) is 3.59. The molecule has 0 unspecified atom stereocenters. The summed E-state index contributed by atoms with van der Waals surface area (Å²) in [5.41, 5.74) is 1.74. The number of amides is 1. The molecule has 1 amide bonds. The van der Waals surface area contributed by atoms with Crippen molar-refractivity contribution < 1.29 is 19.7 Å². The van der Waals surface area contributed by atoms with Crippen LogP contribution in [0.2, 0.25) is 0 Å². The number of hydrazine groups is 1. The maximum Gasteiger partial charge on any atom is 0.426 e. The second kappa shape index (κ2) is 3.63. The molecule has 1 aromatic rings. The Balaban J connectivity index is 2.79. The first-order valence-electron chi connectivity index (χ1n) is 3.34. The number of ether oxygens (including phenoxy) is 1. The van der Waals surface area contributed by atoms with E-state index in [9.17, 15) is 4.79 Å². The molecule has 1 aromatic carbocycles. The fourth-order valence-corrected chi connectivity index (χ4v) is 0.703. The molecule has 0 atom stereocenters. The Kier molecular flexibility index (Phi) is 2.56. The number of hydrogen-bond donors (Lipinski definition) is 4. The normalized spacial score (nSPS) is 9.31. The number of nitrogens with two attached hydrogens (primary N) is 1. The van der Waals surface area contributed by atoms with Gasteiger partial charge in [-0.05, 0) is 12.1 Å². The summed E-state index contributed by atoms with van der Waals surface area (Å²) >= 11 is 0. The molecule has 6 nitrogen and oxygen atoms in total. The summed E-state index contributed by atoms with van der Waals surface area (Å²) in [7, 11) is 0. The number of nitrogens with one attached hydrogen (secondary N) is 1. The van der Waals surface area contributed by atoms with Crippen molar-refractivity contribution in [2.75, 3.05) is 0 Å². The Bertz CT molecular complexity index is 326. The highest BCUT2D eigenvalue weighted by Crippen LogP contribution is 2.28. The number of hydrogen-bond acceptors (Lipinski definition) is 5. The molecular formula is C7H8N2O4. The SMILES string of the molecule is NNC(=O)Oc1ccc(O)c(O)c1. The van der Waals surface area contributed by atoms with Crippen LogP contribution in [0.4, 0.5) is 4.79 Å². The first-order valence-corrected chi connectivity index (χ1v) is 3.34. The standard InChI is InChI=1S/C7H8N2O4/c8-9-7(12)13-4-1-2-5(10)6(11)3-4/h1-3,10-11H,8H2,(H,9,12). The van der Waals surface area contributed by atoms with Crippen LogP contribution in [0, 0.1) is 0 Å². The van der Waals surface area contributed by atoms with E-state index in [2.05, 4.69) is 4.74 Å². The molecular weight excluding hydrogens is 176 g/mol. The lowest BCUT2D eigenvalue weighted by molar-refractivity contribution is 0.200. The molecule has 0 aliphatic rings. The minimum absolute atomic E-state index is 0.0817. The van der Waals surface area contributed by atoms with Crippen LogP contribution >= 0.6 is 0 Å². The summed E-state index contributed by atoms with van der Waals surface area (Å²) in [5.74, 6) is 4.17. The van der Waals surface area contributed by atoms with Crippen molar-refractivity contribution in [2.24, 2.45) is 5.84 Å². The molecule has 5 N–H and O–H groups in total. The van der Waals surface area contributed by atoms with Crippen LogP contribution in [0.1, 0.15) is 0 Å². The van der Waals surface area contributed by atoms with Crippen molar-refractivity contribution in [3.8, 4) is 17.2 Å². The van der Waals surface area contributed by atoms with E-state index in [4.69, 9.17) is 16.1 Å². The Morgan fingerprint density at radius 2 is 2.08 bits per heavy atom. The van der Waals surface area contributed by atoms with Gasteiger partial charge in [0, 0.05) is 6.07 Å². The molecule has 13 heavy (non-hydrogen) atoms. The molecule has 0 fully saturated rings. The monoisotopic (exact) mass is 184 g/mol. The lowest BCUT2D eigenvalue weighted by Gasteiger charge is -2.03. The Morgan fingerprint density at radius 1 is 1.38 bits per heavy atom. The van der Waals surface area contributed by atoms with Crippen LogP contribution in [0.25, 0.3) is 0 Å². The van der Waals surface area contributed by atoms with Crippen LogP contribution in [-0.2, 0) is 0 Å². The van der Waals surface area contributed by atoms with Gasteiger partial charge in [0.2, 0.25) is 0 Å². The molecule has 6 heteroatoms. The number of carbonyl (C=O) groups excluding carboxylic acids is 1. The first-order chi connectivity index (χ1) is 6.13.